The van der Waals surface area contributed by atoms with Crippen LogP contribution in [0.1, 0.15) is 84.0 Å². The molecule has 0 bridgehead atoms. The van der Waals surface area contributed by atoms with E-state index >= 15 is 0 Å². The zero-order valence-electron chi connectivity index (χ0n) is 16.5. The lowest BCUT2D eigenvalue weighted by Crippen LogP contribution is -2.20. The van der Waals surface area contributed by atoms with E-state index in [0.29, 0.717) is 18.3 Å². The zero-order valence-corrected chi connectivity index (χ0v) is 16.5. The largest absolute Gasteiger partial charge is 0.481 e. The summed E-state index contributed by atoms with van der Waals surface area (Å²) in [6.45, 7) is 2.23. The van der Waals surface area contributed by atoms with Crippen molar-refractivity contribution in [1.29, 1.82) is 0 Å². The summed E-state index contributed by atoms with van der Waals surface area (Å²) in [7, 11) is 0. The third-order valence-electron chi connectivity index (χ3n) is 5.01. The van der Waals surface area contributed by atoms with Crippen molar-refractivity contribution in [3.8, 4) is 0 Å². The highest BCUT2D eigenvalue weighted by Crippen LogP contribution is 2.41. The van der Waals surface area contributed by atoms with E-state index in [1.165, 1.54) is 38.5 Å². The highest BCUT2D eigenvalue weighted by Gasteiger charge is 2.34. The van der Waals surface area contributed by atoms with Gasteiger partial charge in [0, 0.05) is 6.42 Å². The molecule has 0 aliphatic heterocycles. The molecule has 3 heteroatoms. The van der Waals surface area contributed by atoms with Gasteiger partial charge in [0.05, 0.1) is 6.10 Å². The lowest BCUT2D eigenvalue weighted by atomic mass is 9.91. The maximum atomic E-state index is 10.5. The third-order valence-corrected chi connectivity index (χ3v) is 5.01. The van der Waals surface area contributed by atoms with Crippen LogP contribution in [-0.2, 0) is 4.79 Å². The van der Waals surface area contributed by atoms with E-state index in [2.05, 4.69) is 25.2 Å². The van der Waals surface area contributed by atoms with Gasteiger partial charge in [0.25, 0.3) is 0 Å². The Morgan fingerprint density at radius 2 is 1.69 bits per heavy atom. The Hall–Kier alpha value is -1.35. The van der Waals surface area contributed by atoms with Gasteiger partial charge in [0.15, 0.2) is 0 Å². The fraction of sp³-hybridized carbons (Fsp3) is 0.696. The summed E-state index contributed by atoms with van der Waals surface area (Å²) in [5.41, 5.74) is 0. The second-order valence-corrected chi connectivity index (χ2v) is 7.46. The Labute approximate surface area is 159 Å². The van der Waals surface area contributed by atoms with Gasteiger partial charge in [-0.15, -0.1) is 0 Å². The highest BCUT2D eigenvalue weighted by atomic mass is 16.4. The van der Waals surface area contributed by atoms with Gasteiger partial charge >= 0.3 is 5.97 Å². The molecule has 0 unspecified atom stereocenters. The Bertz CT molecular complexity index is 446. The van der Waals surface area contributed by atoms with Gasteiger partial charge in [-0.25, -0.2) is 0 Å². The van der Waals surface area contributed by atoms with Gasteiger partial charge in [0.2, 0.25) is 0 Å². The zero-order chi connectivity index (χ0) is 19.0. The van der Waals surface area contributed by atoms with Crippen molar-refractivity contribution < 1.29 is 15.0 Å². The van der Waals surface area contributed by atoms with E-state index in [-0.39, 0.29) is 12.5 Å². The molecular formula is C23H38O3. The van der Waals surface area contributed by atoms with Crippen LogP contribution < -0.4 is 0 Å². The first-order chi connectivity index (χ1) is 12.6. The molecule has 0 aromatic rings. The van der Waals surface area contributed by atoms with Gasteiger partial charge in [-0.3, -0.25) is 4.79 Å². The van der Waals surface area contributed by atoms with Crippen LogP contribution in [0.5, 0.6) is 0 Å². The predicted molar refractivity (Wildman–Crippen MR) is 109 cm³/mol. The molecule has 148 valence electrons. The smallest absolute Gasteiger partial charge is 0.303 e. The van der Waals surface area contributed by atoms with Crippen LogP contribution in [0.15, 0.2) is 36.5 Å². The molecule has 0 heterocycles. The van der Waals surface area contributed by atoms with Crippen molar-refractivity contribution in [3.05, 3.63) is 36.5 Å². The highest BCUT2D eigenvalue weighted by molar-refractivity contribution is 5.66. The molecule has 0 aromatic carbocycles. The molecule has 2 atom stereocenters. The van der Waals surface area contributed by atoms with Gasteiger partial charge in [-0.1, -0.05) is 56.2 Å². The second-order valence-electron chi connectivity index (χ2n) is 7.46. The van der Waals surface area contributed by atoms with Crippen molar-refractivity contribution in [2.75, 3.05) is 0 Å². The van der Waals surface area contributed by atoms with E-state index in [1.807, 2.05) is 18.2 Å². The Morgan fingerprint density at radius 3 is 2.38 bits per heavy atom. The number of allylic oxidation sites excluding steroid dienone is 5. The first-order valence-electron chi connectivity index (χ1n) is 10.5. The first kappa shape index (κ1) is 22.7. The molecular weight excluding hydrogens is 324 g/mol. The Kier molecular flexibility index (Phi) is 12.9. The van der Waals surface area contributed by atoms with Crippen molar-refractivity contribution in [3.63, 3.8) is 0 Å². The predicted octanol–water partition coefficient (Wildman–Crippen LogP) is 6.05. The summed E-state index contributed by atoms with van der Waals surface area (Å²) >= 11 is 0. The summed E-state index contributed by atoms with van der Waals surface area (Å²) in [5.74, 6) is 0.365. The number of rotatable bonds is 16. The van der Waals surface area contributed by atoms with Crippen molar-refractivity contribution in [2.24, 2.45) is 11.8 Å². The molecule has 0 radical (unpaired) electrons. The number of carboxylic acid groups (broad SMARTS) is 1. The van der Waals surface area contributed by atoms with E-state index in [9.17, 15) is 9.90 Å². The number of aliphatic carboxylic acids is 1. The van der Waals surface area contributed by atoms with Crippen LogP contribution >= 0.6 is 0 Å². The van der Waals surface area contributed by atoms with Crippen molar-refractivity contribution in [1.82, 2.24) is 0 Å². The SMILES string of the molecule is CCCCCC=CCC[C@H](C1CC1)[C@H](O)C=CCC=CCCCC(=O)O. The topological polar surface area (TPSA) is 57.5 Å². The first-order valence-corrected chi connectivity index (χ1v) is 10.5. The molecule has 0 spiro atoms. The molecule has 1 fully saturated rings. The van der Waals surface area contributed by atoms with Gasteiger partial charge in [0.1, 0.15) is 0 Å². The minimum Gasteiger partial charge on any atom is -0.481 e. The molecule has 1 rings (SSSR count). The Balaban J connectivity index is 2.20. The quantitative estimate of drug-likeness (QED) is 0.260. The lowest BCUT2D eigenvalue weighted by Gasteiger charge is -2.19. The molecule has 0 saturated heterocycles. The number of aliphatic hydroxyl groups is 1. The van der Waals surface area contributed by atoms with Crippen LogP contribution in [0.3, 0.4) is 0 Å². The summed E-state index contributed by atoms with van der Waals surface area (Å²) in [5, 5.41) is 19.1. The molecule has 0 aromatic heterocycles. The summed E-state index contributed by atoms with van der Waals surface area (Å²) in [4.78, 5) is 10.4. The number of carbonyl (C=O) groups is 1. The minimum atomic E-state index is -0.733. The molecule has 0 amide bonds. The molecule has 26 heavy (non-hydrogen) atoms. The number of hydrogen-bond acceptors (Lipinski definition) is 2. The number of carboxylic acids is 1. The van der Waals surface area contributed by atoms with E-state index in [0.717, 1.165) is 25.7 Å². The minimum absolute atomic E-state index is 0.231. The molecule has 3 nitrogen and oxygen atoms in total. The van der Waals surface area contributed by atoms with Crippen LogP contribution in [-0.4, -0.2) is 22.3 Å². The second kappa shape index (κ2) is 14.8. The molecule has 1 saturated carbocycles. The Morgan fingerprint density at radius 1 is 1.00 bits per heavy atom. The standard InChI is InChI=1S/C23H38O3/c1-2-3-4-5-6-9-12-15-21(20-18-19-20)22(24)16-13-10-7-8-11-14-17-23(25)26/h6-9,13,16,20-22,24H,2-5,10-12,14-15,17-19H2,1H3,(H,25,26)/t21-,22-/m1/s1. The van der Waals surface area contributed by atoms with Gasteiger partial charge in [-0.05, 0) is 69.6 Å². The fourth-order valence-corrected chi connectivity index (χ4v) is 3.27. The monoisotopic (exact) mass is 362 g/mol. The number of hydrogen-bond donors (Lipinski definition) is 2. The average molecular weight is 363 g/mol. The van der Waals surface area contributed by atoms with Crippen molar-refractivity contribution >= 4 is 5.97 Å². The molecule has 1 aliphatic rings. The van der Waals surface area contributed by atoms with Crippen molar-refractivity contribution in [2.45, 2.75) is 90.1 Å². The maximum absolute atomic E-state index is 10.5. The van der Waals surface area contributed by atoms with E-state index in [1.54, 1.807) is 0 Å². The fourth-order valence-electron chi connectivity index (χ4n) is 3.27. The van der Waals surface area contributed by atoms with Crippen LogP contribution in [0, 0.1) is 11.8 Å². The van der Waals surface area contributed by atoms with Crippen LogP contribution in [0.25, 0.3) is 0 Å². The summed E-state index contributed by atoms with van der Waals surface area (Å²) < 4.78 is 0. The number of aliphatic hydroxyl groups excluding tert-OH is 1. The van der Waals surface area contributed by atoms with Crippen LogP contribution in [0.4, 0.5) is 0 Å². The molecule has 2 N–H and O–H groups in total. The number of unbranched alkanes of at least 4 members (excludes halogenated alkanes) is 4. The summed E-state index contributed by atoms with van der Waals surface area (Å²) in [6.07, 6.45) is 24.6. The van der Waals surface area contributed by atoms with E-state index in [4.69, 9.17) is 5.11 Å². The normalized spacial score (nSPS) is 17.5. The molecule has 1 aliphatic carbocycles. The van der Waals surface area contributed by atoms with Crippen LogP contribution in [0.2, 0.25) is 0 Å². The van der Waals surface area contributed by atoms with Gasteiger partial charge in [-0.2, -0.15) is 0 Å². The lowest BCUT2D eigenvalue weighted by molar-refractivity contribution is -0.137. The average Bonchev–Trinajstić information content (AvgIpc) is 3.44. The maximum Gasteiger partial charge on any atom is 0.303 e. The third kappa shape index (κ3) is 12.1. The van der Waals surface area contributed by atoms with Gasteiger partial charge < -0.3 is 10.2 Å². The summed E-state index contributed by atoms with van der Waals surface area (Å²) in [6, 6.07) is 0. The van der Waals surface area contributed by atoms with E-state index < -0.39 is 5.97 Å².